The predicted octanol–water partition coefficient (Wildman–Crippen LogP) is 3.67. The summed E-state index contributed by atoms with van der Waals surface area (Å²) in [7, 11) is 0. The van der Waals surface area contributed by atoms with E-state index < -0.39 is 12.1 Å². The first-order valence-electron chi connectivity index (χ1n) is 8.82. The molecule has 0 bridgehead atoms. The van der Waals surface area contributed by atoms with Gasteiger partial charge >= 0.3 is 5.97 Å². The number of carbonyl (C=O) groups excluding carboxylic acids is 1. The van der Waals surface area contributed by atoms with E-state index in [2.05, 4.69) is 20.3 Å². The van der Waals surface area contributed by atoms with Gasteiger partial charge in [-0.1, -0.05) is 29.3 Å². The Kier molecular flexibility index (Phi) is 6.46. The van der Waals surface area contributed by atoms with Crippen molar-refractivity contribution in [3.05, 3.63) is 64.9 Å². The second kappa shape index (κ2) is 9.20. The van der Waals surface area contributed by atoms with Crippen molar-refractivity contribution >= 4 is 35.2 Å². The molecule has 0 saturated heterocycles. The molecule has 0 amide bonds. The minimum Gasteiger partial charge on any atom is -0.479 e. The second-order valence-corrected chi connectivity index (χ2v) is 6.68. The van der Waals surface area contributed by atoms with Gasteiger partial charge in [-0.15, -0.1) is 0 Å². The van der Waals surface area contributed by atoms with E-state index in [9.17, 15) is 4.79 Å². The summed E-state index contributed by atoms with van der Waals surface area (Å²) in [6.07, 6.45) is -0.819. The highest BCUT2D eigenvalue weighted by Crippen LogP contribution is 2.18. The largest absolute Gasteiger partial charge is 0.479 e. The fraction of sp³-hybridized carbons (Fsp3) is 0.200. The Morgan fingerprint density at radius 2 is 1.79 bits per heavy atom. The highest BCUT2D eigenvalue weighted by molar-refractivity contribution is 6.30. The van der Waals surface area contributed by atoms with Crippen molar-refractivity contribution in [1.29, 1.82) is 0 Å². The number of nitrogen functional groups attached to an aromatic ring is 1. The number of nitrogens with one attached hydrogen (secondary N) is 1. The molecule has 0 aliphatic carbocycles. The topological polar surface area (TPSA) is 112 Å². The minimum absolute atomic E-state index is 0.0196. The number of anilines is 3. The molecule has 1 heterocycles. The minimum atomic E-state index is -0.819. The van der Waals surface area contributed by atoms with Crippen molar-refractivity contribution in [2.45, 2.75) is 26.6 Å². The van der Waals surface area contributed by atoms with E-state index in [1.54, 1.807) is 31.2 Å². The van der Waals surface area contributed by atoms with Gasteiger partial charge in [0, 0.05) is 10.7 Å². The lowest BCUT2D eigenvalue weighted by molar-refractivity contribution is -0.152. The molecule has 9 heteroatoms. The Bertz CT molecular complexity index is 980. The molecule has 1 aromatic heterocycles. The first-order chi connectivity index (χ1) is 13.9. The lowest BCUT2D eigenvalue weighted by Gasteiger charge is -2.14. The van der Waals surface area contributed by atoms with E-state index in [0.29, 0.717) is 10.8 Å². The average Bonchev–Trinajstić information content (AvgIpc) is 2.69. The van der Waals surface area contributed by atoms with Gasteiger partial charge in [0.1, 0.15) is 5.75 Å². The lowest BCUT2D eigenvalue weighted by Crippen LogP contribution is -2.26. The molecule has 0 spiro atoms. The Labute approximate surface area is 173 Å². The monoisotopic (exact) mass is 413 g/mol. The van der Waals surface area contributed by atoms with Gasteiger partial charge in [0.05, 0.1) is 0 Å². The highest BCUT2D eigenvalue weighted by Gasteiger charge is 2.17. The van der Waals surface area contributed by atoms with E-state index in [1.807, 2.05) is 31.2 Å². The van der Waals surface area contributed by atoms with Crippen LogP contribution in [0.25, 0.3) is 0 Å². The van der Waals surface area contributed by atoms with Gasteiger partial charge in [-0.2, -0.15) is 15.0 Å². The first kappa shape index (κ1) is 20.3. The van der Waals surface area contributed by atoms with Crippen molar-refractivity contribution in [2.24, 2.45) is 0 Å². The van der Waals surface area contributed by atoms with E-state index in [0.717, 1.165) is 11.3 Å². The number of rotatable bonds is 7. The van der Waals surface area contributed by atoms with Gasteiger partial charge in [0.15, 0.2) is 18.5 Å². The molecule has 3 rings (SSSR count). The van der Waals surface area contributed by atoms with Gasteiger partial charge in [0.2, 0.25) is 11.9 Å². The van der Waals surface area contributed by atoms with Crippen LogP contribution >= 0.6 is 11.6 Å². The van der Waals surface area contributed by atoms with Gasteiger partial charge in [-0.05, 0) is 50.2 Å². The van der Waals surface area contributed by atoms with Crippen molar-refractivity contribution in [3.8, 4) is 5.75 Å². The fourth-order valence-corrected chi connectivity index (χ4v) is 2.47. The van der Waals surface area contributed by atoms with Gasteiger partial charge < -0.3 is 20.5 Å². The lowest BCUT2D eigenvalue weighted by atomic mass is 10.2. The van der Waals surface area contributed by atoms with Crippen LogP contribution in [0.3, 0.4) is 0 Å². The quantitative estimate of drug-likeness (QED) is 0.564. The highest BCUT2D eigenvalue weighted by atomic mass is 35.5. The number of hydrogen-bond acceptors (Lipinski definition) is 8. The van der Waals surface area contributed by atoms with Gasteiger partial charge in [-0.3, -0.25) is 0 Å². The summed E-state index contributed by atoms with van der Waals surface area (Å²) in [4.78, 5) is 24.5. The Morgan fingerprint density at radius 3 is 2.48 bits per heavy atom. The zero-order valence-corrected chi connectivity index (χ0v) is 16.7. The van der Waals surface area contributed by atoms with Crippen LogP contribution in [0.4, 0.5) is 17.6 Å². The molecule has 0 aliphatic rings. The standard InChI is InChI=1S/C20H20ClN5O3/c1-12-3-7-15(8-4-12)23-20-25-17(24-19(22)26-20)11-28-18(27)13(2)29-16-9-5-14(21)6-10-16/h3-10,13H,11H2,1-2H3,(H3,22,23,24,25,26)/t13-/m0/s1. The number of aromatic nitrogens is 3. The maximum atomic E-state index is 12.2. The second-order valence-electron chi connectivity index (χ2n) is 6.25. The van der Waals surface area contributed by atoms with E-state index >= 15 is 0 Å². The van der Waals surface area contributed by atoms with Crippen LogP contribution in [-0.2, 0) is 16.1 Å². The van der Waals surface area contributed by atoms with Gasteiger partial charge in [0.25, 0.3) is 0 Å². The van der Waals surface area contributed by atoms with E-state index in [4.69, 9.17) is 26.8 Å². The summed E-state index contributed by atoms with van der Waals surface area (Å²) in [5, 5.41) is 3.62. The Balaban J connectivity index is 1.59. The molecule has 0 fully saturated rings. The average molecular weight is 414 g/mol. The maximum Gasteiger partial charge on any atom is 0.347 e. The molecular formula is C20H20ClN5O3. The molecule has 1 atom stereocenters. The van der Waals surface area contributed by atoms with Crippen LogP contribution in [0.5, 0.6) is 5.75 Å². The zero-order chi connectivity index (χ0) is 20.8. The molecule has 0 radical (unpaired) electrons. The number of nitrogens with two attached hydrogens (primary N) is 1. The summed E-state index contributed by atoms with van der Waals surface area (Å²) in [5.41, 5.74) is 7.67. The van der Waals surface area contributed by atoms with Gasteiger partial charge in [-0.25, -0.2) is 4.79 Å². The molecule has 2 aromatic carbocycles. The van der Waals surface area contributed by atoms with Crippen LogP contribution < -0.4 is 15.8 Å². The van der Waals surface area contributed by atoms with Crippen LogP contribution in [0.15, 0.2) is 48.5 Å². The summed E-state index contributed by atoms with van der Waals surface area (Å²) >= 11 is 5.83. The summed E-state index contributed by atoms with van der Waals surface area (Å²) in [5.74, 6) is 0.447. The zero-order valence-electron chi connectivity index (χ0n) is 15.9. The molecule has 0 saturated carbocycles. The number of carbonyl (C=O) groups is 1. The number of ether oxygens (including phenoxy) is 2. The molecule has 0 aliphatic heterocycles. The Morgan fingerprint density at radius 1 is 1.10 bits per heavy atom. The van der Waals surface area contributed by atoms with Crippen molar-refractivity contribution < 1.29 is 14.3 Å². The van der Waals surface area contributed by atoms with Crippen LogP contribution in [0, 0.1) is 6.92 Å². The molecule has 29 heavy (non-hydrogen) atoms. The van der Waals surface area contributed by atoms with Crippen molar-refractivity contribution in [2.75, 3.05) is 11.1 Å². The number of benzene rings is 2. The smallest absolute Gasteiger partial charge is 0.347 e. The first-order valence-corrected chi connectivity index (χ1v) is 9.20. The third kappa shape index (κ3) is 6.05. The molecule has 150 valence electrons. The van der Waals surface area contributed by atoms with Crippen LogP contribution in [-0.4, -0.2) is 27.0 Å². The normalized spacial score (nSPS) is 11.6. The summed E-state index contributed by atoms with van der Waals surface area (Å²) in [6, 6.07) is 14.4. The maximum absolute atomic E-state index is 12.2. The number of halogens is 1. The van der Waals surface area contributed by atoms with Crippen molar-refractivity contribution in [3.63, 3.8) is 0 Å². The Hall–Kier alpha value is -3.39. The SMILES string of the molecule is Cc1ccc(Nc2nc(N)nc(COC(=O)[C@H](C)Oc3ccc(Cl)cc3)n2)cc1. The van der Waals surface area contributed by atoms with Crippen molar-refractivity contribution in [1.82, 2.24) is 15.0 Å². The number of nitrogens with zero attached hydrogens (tertiary/aromatic N) is 3. The number of aryl methyl sites for hydroxylation is 1. The fourth-order valence-electron chi connectivity index (χ4n) is 2.34. The summed E-state index contributed by atoms with van der Waals surface area (Å²) < 4.78 is 10.8. The van der Waals surface area contributed by atoms with E-state index in [1.165, 1.54) is 0 Å². The van der Waals surface area contributed by atoms with Crippen LogP contribution in [0.2, 0.25) is 5.02 Å². The third-order valence-electron chi connectivity index (χ3n) is 3.81. The molecular weight excluding hydrogens is 394 g/mol. The molecule has 3 aromatic rings. The molecule has 0 unspecified atom stereocenters. The third-order valence-corrected chi connectivity index (χ3v) is 4.06. The number of esters is 1. The molecule has 8 nitrogen and oxygen atoms in total. The number of hydrogen-bond donors (Lipinski definition) is 2. The predicted molar refractivity (Wildman–Crippen MR) is 110 cm³/mol. The van der Waals surface area contributed by atoms with E-state index in [-0.39, 0.29) is 24.3 Å². The van der Waals surface area contributed by atoms with Crippen LogP contribution in [0.1, 0.15) is 18.3 Å². The summed E-state index contributed by atoms with van der Waals surface area (Å²) in [6.45, 7) is 3.42. The molecule has 3 N–H and O–H groups in total.